The number of ether oxygens (including phenoxy) is 4. The van der Waals surface area contributed by atoms with Gasteiger partial charge < -0.3 is 49.6 Å². The smallest absolute Gasteiger partial charge is 0.338 e. The Labute approximate surface area is 198 Å². The lowest BCUT2D eigenvalue weighted by atomic mass is 9.93. The first kappa shape index (κ1) is 23.5. The monoisotopic (exact) mass is 486 g/mol. The van der Waals surface area contributed by atoms with E-state index in [0.717, 1.165) is 12.1 Å². The van der Waals surface area contributed by atoms with E-state index in [1.165, 1.54) is 38.5 Å². The molecule has 2 atom stereocenters. The molecular weight excluding hydrogens is 464 g/mol. The van der Waals surface area contributed by atoms with E-state index < -0.39 is 41.2 Å². The second-order valence-electron chi connectivity index (χ2n) is 7.77. The first-order valence-electron chi connectivity index (χ1n) is 10.2. The van der Waals surface area contributed by atoms with Gasteiger partial charge in [-0.15, -0.1) is 0 Å². The Balaban J connectivity index is 1.75. The maximum atomic E-state index is 13.0. The average Bonchev–Trinajstić information content (AvgIpc) is 2.80. The SMILES string of the molecule is COc1cc(C(=O)O[C@@H]2Cc3c(O)cc(O)cc3OC2c2cc(O)c(OC)c(O)c2)cc(O)c1O. The van der Waals surface area contributed by atoms with E-state index in [-0.39, 0.29) is 51.9 Å². The molecule has 3 aromatic rings. The summed E-state index contributed by atoms with van der Waals surface area (Å²) in [5, 5.41) is 60.4. The van der Waals surface area contributed by atoms with E-state index >= 15 is 0 Å². The van der Waals surface area contributed by atoms with Crippen LogP contribution in [0.1, 0.15) is 27.6 Å². The van der Waals surface area contributed by atoms with Gasteiger partial charge in [-0.25, -0.2) is 4.79 Å². The molecule has 1 aliphatic rings. The minimum atomic E-state index is -1.10. The minimum Gasteiger partial charge on any atom is -0.508 e. The Morgan fingerprint density at radius 2 is 1.54 bits per heavy atom. The van der Waals surface area contributed by atoms with Gasteiger partial charge in [0.15, 0.2) is 29.1 Å². The highest BCUT2D eigenvalue weighted by molar-refractivity contribution is 5.91. The van der Waals surface area contributed by atoms with Crippen molar-refractivity contribution < 1.29 is 54.4 Å². The average molecular weight is 486 g/mol. The third-order valence-electron chi connectivity index (χ3n) is 5.54. The Morgan fingerprint density at radius 1 is 0.857 bits per heavy atom. The number of phenols is 6. The number of carbonyl (C=O) groups is 1. The number of rotatable bonds is 5. The van der Waals surface area contributed by atoms with Gasteiger partial charge in [0.05, 0.1) is 19.8 Å². The summed E-state index contributed by atoms with van der Waals surface area (Å²) in [6.07, 6.45) is -2.25. The van der Waals surface area contributed by atoms with E-state index in [1.54, 1.807) is 0 Å². The molecule has 11 heteroatoms. The molecule has 1 aliphatic heterocycles. The zero-order chi connectivity index (χ0) is 25.4. The van der Waals surface area contributed by atoms with Crippen LogP contribution in [0.4, 0.5) is 0 Å². The number of aromatic hydroxyl groups is 6. The summed E-state index contributed by atoms with van der Waals surface area (Å²) in [6.45, 7) is 0. The van der Waals surface area contributed by atoms with Crippen LogP contribution >= 0.6 is 0 Å². The van der Waals surface area contributed by atoms with Gasteiger partial charge in [0.1, 0.15) is 23.4 Å². The first-order valence-corrected chi connectivity index (χ1v) is 10.2. The van der Waals surface area contributed by atoms with Crippen molar-refractivity contribution >= 4 is 5.97 Å². The highest BCUT2D eigenvalue weighted by atomic mass is 16.6. The maximum Gasteiger partial charge on any atom is 0.338 e. The van der Waals surface area contributed by atoms with E-state index in [4.69, 9.17) is 18.9 Å². The summed E-state index contributed by atoms with van der Waals surface area (Å²) in [7, 11) is 2.51. The Bertz CT molecular complexity index is 1280. The van der Waals surface area contributed by atoms with Crippen LogP contribution in [0.5, 0.6) is 51.7 Å². The van der Waals surface area contributed by atoms with Crippen molar-refractivity contribution in [3.05, 3.63) is 53.1 Å². The topological polar surface area (TPSA) is 175 Å². The number of fused-ring (bicyclic) bond motifs is 1. The largest absolute Gasteiger partial charge is 0.508 e. The van der Waals surface area contributed by atoms with Gasteiger partial charge in [-0.3, -0.25) is 0 Å². The number of phenolic OH excluding ortho intramolecular Hbond substituents is 6. The van der Waals surface area contributed by atoms with Gasteiger partial charge >= 0.3 is 5.97 Å². The Morgan fingerprint density at radius 3 is 2.17 bits per heavy atom. The molecule has 1 heterocycles. The van der Waals surface area contributed by atoms with Gasteiger partial charge in [0.25, 0.3) is 0 Å². The summed E-state index contributed by atoms with van der Waals surface area (Å²) in [4.78, 5) is 13.0. The van der Waals surface area contributed by atoms with E-state index in [2.05, 4.69) is 0 Å². The second-order valence-corrected chi connectivity index (χ2v) is 7.77. The van der Waals surface area contributed by atoms with Crippen LogP contribution in [0.25, 0.3) is 0 Å². The maximum absolute atomic E-state index is 13.0. The number of benzene rings is 3. The number of methoxy groups -OCH3 is 2. The van der Waals surface area contributed by atoms with Gasteiger partial charge in [-0.2, -0.15) is 0 Å². The fraction of sp³-hybridized carbons (Fsp3) is 0.208. The van der Waals surface area contributed by atoms with Crippen molar-refractivity contribution in [3.8, 4) is 51.7 Å². The fourth-order valence-corrected chi connectivity index (χ4v) is 3.90. The van der Waals surface area contributed by atoms with Gasteiger partial charge in [0, 0.05) is 29.7 Å². The normalized spacial score (nSPS) is 16.6. The van der Waals surface area contributed by atoms with Crippen molar-refractivity contribution in [1.29, 1.82) is 0 Å². The Kier molecular flexibility index (Phi) is 6.00. The number of hydrogen-bond donors (Lipinski definition) is 6. The predicted molar refractivity (Wildman–Crippen MR) is 119 cm³/mol. The van der Waals surface area contributed by atoms with Crippen LogP contribution in [0.15, 0.2) is 36.4 Å². The first-order chi connectivity index (χ1) is 16.6. The van der Waals surface area contributed by atoms with Crippen LogP contribution in [-0.4, -0.2) is 56.9 Å². The lowest BCUT2D eigenvalue weighted by Gasteiger charge is -2.34. The van der Waals surface area contributed by atoms with E-state index in [0.29, 0.717) is 0 Å². The molecule has 0 saturated heterocycles. The quantitative estimate of drug-likeness (QED) is 0.231. The molecule has 0 radical (unpaired) electrons. The standard InChI is InChI=1S/C24H22O11/c1-32-19-6-11(5-15(27)21(19)30)24(31)35-20-9-13-14(26)7-12(25)8-18(13)34-22(20)10-3-16(28)23(33-2)17(29)4-10/h3-8,20,22,25-30H,9H2,1-2H3/t20-,22?/m1/s1. The van der Waals surface area contributed by atoms with Crippen molar-refractivity contribution in [3.63, 3.8) is 0 Å². The lowest BCUT2D eigenvalue weighted by Crippen LogP contribution is -2.34. The summed E-state index contributed by atoms with van der Waals surface area (Å²) in [6, 6.07) is 7.06. The van der Waals surface area contributed by atoms with E-state index in [9.17, 15) is 35.4 Å². The van der Waals surface area contributed by atoms with Crippen LogP contribution < -0.4 is 14.2 Å². The van der Waals surface area contributed by atoms with Crippen LogP contribution in [-0.2, 0) is 11.2 Å². The van der Waals surface area contributed by atoms with Gasteiger partial charge in [-0.05, 0) is 24.3 Å². The summed E-state index contributed by atoms with van der Waals surface area (Å²) in [5.41, 5.74) is 0.320. The van der Waals surface area contributed by atoms with Crippen LogP contribution in [0.3, 0.4) is 0 Å². The molecule has 1 unspecified atom stereocenters. The molecule has 184 valence electrons. The minimum absolute atomic E-state index is 0.0629. The summed E-state index contributed by atoms with van der Waals surface area (Å²) >= 11 is 0. The zero-order valence-electron chi connectivity index (χ0n) is 18.6. The molecule has 3 aromatic carbocycles. The zero-order valence-corrected chi connectivity index (χ0v) is 18.6. The van der Waals surface area contributed by atoms with Crippen LogP contribution in [0.2, 0.25) is 0 Å². The molecule has 35 heavy (non-hydrogen) atoms. The third kappa shape index (κ3) is 4.31. The highest BCUT2D eigenvalue weighted by Gasteiger charge is 2.37. The molecule has 4 rings (SSSR count). The fourth-order valence-electron chi connectivity index (χ4n) is 3.90. The van der Waals surface area contributed by atoms with Crippen molar-refractivity contribution in [2.45, 2.75) is 18.6 Å². The number of esters is 1. The van der Waals surface area contributed by atoms with Crippen molar-refractivity contribution in [2.24, 2.45) is 0 Å². The molecule has 0 fully saturated rings. The predicted octanol–water partition coefficient (Wildman–Crippen LogP) is 2.84. The molecule has 0 spiro atoms. The molecule has 0 bridgehead atoms. The second kappa shape index (κ2) is 8.93. The lowest BCUT2D eigenvalue weighted by molar-refractivity contribution is -0.0189. The summed E-state index contributed by atoms with van der Waals surface area (Å²) in [5.74, 6) is -3.62. The molecule has 0 saturated carbocycles. The van der Waals surface area contributed by atoms with Crippen molar-refractivity contribution in [1.82, 2.24) is 0 Å². The van der Waals surface area contributed by atoms with Gasteiger partial charge in [0.2, 0.25) is 11.5 Å². The third-order valence-corrected chi connectivity index (χ3v) is 5.54. The number of hydrogen-bond acceptors (Lipinski definition) is 11. The molecule has 0 aliphatic carbocycles. The van der Waals surface area contributed by atoms with Crippen LogP contribution in [0, 0.1) is 0 Å². The van der Waals surface area contributed by atoms with Crippen molar-refractivity contribution in [2.75, 3.05) is 14.2 Å². The van der Waals surface area contributed by atoms with Gasteiger partial charge in [-0.1, -0.05) is 0 Å². The number of carbonyl (C=O) groups excluding carboxylic acids is 1. The molecular formula is C24H22O11. The van der Waals surface area contributed by atoms with E-state index in [1.807, 2.05) is 0 Å². The highest BCUT2D eigenvalue weighted by Crippen LogP contribution is 2.46. The molecule has 0 amide bonds. The molecule has 11 nitrogen and oxygen atoms in total. The molecule has 0 aromatic heterocycles. The molecule has 6 N–H and O–H groups in total. The Hall–Kier alpha value is -4.67. The summed E-state index contributed by atoms with van der Waals surface area (Å²) < 4.78 is 21.5.